The van der Waals surface area contributed by atoms with Crippen molar-refractivity contribution >= 4 is 28.6 Å². The van der Waals surface area contributed by atoms with Crippen LogP contribution in [0.5, 0.6) is 5.75 Å². The van der Waals surface area contributed by atoms with Crippen LogP contribution in [0.2, 0.25) is 0 Å². The molecule has 4 rings (SSSR count). The van der Waals surface area contributed by atoms with E-state index in [1.807, 2.05) is 30.3 Å². The molecule has 0 aliphatic carbocycles. The summed E-state index contributed by atoms with van der Waals surface area (Å²) in [4.78, 5) is 15.7. The lowest BCUT2D eigenvalue weighted by Crippen LogP contribution is -2.14. The highest BCUT2D eigenvalue weighted by Gasteiger charge is 2.30. The Morgan fingerprint density at radius 1 is 1.00 bits per heavy atom. The highest BCUT2D eigenvalue weighted by atomic mass is 19.4. The van der Waals surface area contributed by atoms with Crippen LogP contribution < -0.4 is 15.4 Å². The van der Waals surface area contributed by atoms with Crippen LogP contribution in [0.15, 0.2) is 60.9 Å². The number of aromatic nitrogens is 4. The van der Waals surface area contributed by atoms with Crippen LogP contribution in [0, 0.1) is 0 Å². The van der Waals surface area contributed by atoms with E-state index in [1.165, 1.54) is 18.5 Å². The fourth-order valence-electron chi connectivity index (χ4n) is 2.76. The molecule has 2 aromatic heterocycles. The van der Waals surface area contributed by atoms with Crippen LogP contribution in [-0.2, 0) is 6.18 Å². The van der Waals surface area contributed by atoms with Crippen LogP contribution in [0.3, 0.4) is 0 Å². The zero-order valence-electron chi connectivity index (χ0n) is 15.6. The molecular weight excluding hydrogens is 397 g/mol. The summed E-state index contributed by atoms with van der Waals surface area (Å²) in [5, 5.41) is 5.95. The molecule has 0 radical (unpaired) electrons. The molecule has 0 saturated carbocycles. The molecule has 10 heteroatoms. The summed E-state index contributed by atoms with van der Waals surface area (Å²) >= 11 is 0. The number of aromatic amines is 1. The van der Waals surface area contributed by atoms with Crippen molar-refractivity contribution < 1.29 is 17.9 Å². The summed E-state index contributed by atoms with van der Waals surface area (Å²) in [7, 11) is 0. The standard InChI is InChI=1S/C20H17F3N6O/c21-20(22,23)13-5-4-6-14(11-13)27-18-16-17(26-12-25-16)28-19(29-18)24-9-10-30-15-7-2-1-3-8-15/h1-8,11-12H,9-10H2,(H3,24,25,26,27,28,29). The molecule has 0 unspecified atom stereocenters. The second-order valence-corrected chi connectivity index (χ2v) is 6.29. The van der Waals surface area contributed by atoms with E-state index in [2.05, 4.69) is 30.6 Å². The molecule has 30 heavy (non-hydrogen) atoms. The highest BCUT2D eigenvalue weighted by Crippen LogP contribution is 2.32. The first-order valence-electron chi connectivity index (χ1n) is 9.06. The van der Waals surface area contributed by atoms with E-state index in [9.17, 15) is 13.2 Å². The van der Waals surface area contributed by atoms with Crippen LogP contribution in [0.4, 0.5) is 30.6 Å². The number of benzene rings is 2. The number of fused-ring (bicyclic) bond motifs is 1. The van der Waals surface area contributed by atoms with E-state index < -0.39 is 11.7 Å². The number of imidazole rings is 1. The summed E-state index contributed by atoms with van der Waals surface area (Å²) in [6.45, 7) is 0.802. The van der Waals surface area contributed by atoms with Gasteiger partial charge in [-0.25, -0.2) is 4.98 Å². The molecular formula is C20H17F3N6O. The van der Waals surface area contributed by atoms with Crippen molar-refractivity contribution in [1.29, 1.82) is 0 Å². The Morgan fingerprint density at radius 3 is 2.63 bits per heavy atom. The number of para-hydroxylation sites is 1. The van der Waals surface area contributed by atoms with Crippen molar-refractivity contribution in [3.05, 3.63) is 66.5 Å². The van der Waals surface area contributed by atoms with Gasteiger partial charge >= 0.3 is 6.18 Å². The van der Waals surface area contributed by atoms with Crippen LogP contribution in [0.25, 0.3) is 11.2 Å². The number of nitrogens with one attached hydrogen (secondary N) is 3. The fraction of sp³-hybridized carbons (Fsp3) is 0.150. The van der Waals surface area contributed by atoms with E-state index >= 15 is 0 Å². The fourth-order valence-corrected chi connectivity index (χ4v) is 2.76. The lowest BCUT2D eigenvalue weighted by molar-refractivity contribution is -0.137. The van der Waals surface area contributed by atoms with Crippen molar-refractivity contribution in [2.75, 3.05) is 23.8 Å². The van der Waals surface area contributed by atoms with Crippen molar-refractivity contribution in [3.63, 3.8) is 0 Å². The van der Waals surface area contributed by atoms with Crippen molar-refractivity contribution in [2.45, 2.75) is 6.18 Å². The second-order valence-electron chi connectivity index (χ2n) is 6.29. The maximum Gasteiger partial charge on any atom is 0.416 e. The summed E-state index contributed by atoms with van der Waals surface area (Å²) < 4.78 is 44.5. The summed E-state index contributed by atoms with van der Waals surface area (Å²) in [5.41, 5.74) is 0.362. The molecule has 2 aromatic carbocycles. The van der Waals surface area contributed by atoms with Gasteiger partial charge in [-0.2, -0.15) is 23.1 Å². The Bertz CT molecular complexity index is 1130. The van der Waals surface area contributed by atoms with E-state index in [1.54, 1.807) is 0 Å². The van der Waals surface area contributed by atoms with E-state index in [4.69, 9.17) is 4.74 Å². The van der Waals surface area contributed by atoms with Crippen molar-refractivity contribution in [3.8, 4) is 5.75 Å². The third kappa shape index (κ3) is 4.59. The Kier molecular flexibility index (Phi) is 5.38. The third-order valence-corrected chi connectivity index (χ3v) is 4.14. The molecule has 7 nitrogen and oxygen atoms in total. The summed E-state index contributed by atoms with van der Waals surface area (Å²) in [6, 6.07) is 14.2. The number of ether oxygens (including phenoxy) is 1. The Balaban J connectivity index is 1.49. The van der Waals surface area contributed by atoms with E-state index in [0.717, 1.165) is 17.9 Å². The SMILES string of the molecule is FC(F)(F)c1cccc(Nc2nc(NCCOc3ccccc3)nc3nc[nH]c23)c1. The Morgan fingerprint density at radius 2 is 1.83 bits per heavy atom. The van der Waals surface area contributed by atoms with Crippen LogP contribution in [-0.4, -0.2) is 33.1 Å². The zero-order chi connectivity index (χ0) is 21.0. The zero-order valence-corrected chi connectivity index (χ0v) is 15.6. The quantitative estimate of drug-likeness (QED) is 0.383. The molecule has 0 spiro atoms. The highest BCUT2D eigenvalue weighted by molar-refractivity contribution is 5.86. The predicted molar refractivity (Wildman–Crippen MR) is 107 cm³/mol. The van der Waals surface area contributed by atoms with Crippen molar-refractivity contribution in [1.82, 2.24) is 19.9 Å². The Hall–Kier alpha value is -3.82. The maximum absolute atomic E-state index is 13.0. The number of alkyl halides is 3. The average molecular weight is 414 g/mol. The molecule has 0 saturated heterocycles. The molecule has 0 aliphatic rings. The van der Waals surface area contributed by atoms with Crippen LogP contribution in [0.1, 0.15) is 5.56 Å². The molecule has 4 aromatic rings. The molecule has 0 aliphatic heterocycles. The number of rotatable bonds is 7. The predicted octanol–water partition coefficient (Wildman–Crippen LogP) is 4.61. The first-order chi connectivity index (χ1) is 14.5. The minimum atomic E-state index is -4.43. The molecule has 0 fully saturated rings. The number of hydrogen-bond acceptors (Lipinski definition) is 6. The van der Waals surface area contributed by atoms with Gasteiger partial charge in [0.1, 0.15) is 17.9 Å². The largest absolute Gasteiger partial charge is 0.492 e. The monoisotopic (exact) mass is 414 g/mol. The van der Waals surface area contributed by atoms with Gasteiger partial charge in [0, 0.05) is 5.69 Å². The minimum absolute atomic E-state index is 0.248. The van der Waals surface area contributed by atoms with Gasteiger partial charge in [-0.15, -0.1) is 0 Å². The molecule has 0 bridgehead atoms. The second kappa shape index (κ2) is 8.27. The Labute approximate surface area is 169 Å². The minimum Gasteiger partial charge on any atom is -0.492 e. The number of H-pyrrole nitrogens is 1. The lowest BCUT2D eigenvalue weighted by atomic mass is 10.2. The third-order valence-electron chi connectivity index (χ3n) is 4.14. The first-order valence-corrected chi connectivity index (χ1v) is 9.06. The summed E-state index contributed by atoms with van der Waals surface area (Å²) in [5.74, 6) is 1.33. The number of anilines is 3. The van der Waals surface area contributed by atoms with Gasteiger partial charge in [0.05, 0.1) is 18.4 Å². The number of halogens is 3. The molecule has 0 atom stereocenters. The normalized spacial score (nSPS) is 11.4. The van der Waals surface area contributed by atoms with E-state index in [0.29, 0.717) is 30.1 Å². The molecule has 2 heterocycles. The van der Waals surface area contributed by atoms with Gasteiger partial charge in [-0.1, -0.05) is 24.3 Å². The topological polar surface area (TPSA) is 87.8 Å². The number of nitrogens with zero attached hydrogens (tertiary/aromatic N) is 3. The van der Waals surface area contributed by atoms with Gasteiger partial charge in [0.15, 0.2) is 11.5 Å². The maximum atomic E-state index is 13.0. The summed E-state index contributed by atoms with van der Waals surface area (Å²) in [6.07, 6.45) is -2.99. The van der Waals surface area contributed by atoms with E-state index in [-0.39, 0.29) is 11.6 Å². The smallest absolute Gasteiger partial charge is 0.416 e. The van der Waals surface area contributed by atoms with Gasteiger partial charge in [-0.05, 0) is 30.3 Å². The molecule has 3 N–H and O–H groups in total. The van der Waals surface area contributed by atoms with Gasteiger partial charge < -0.3 is 20.4 Å². The molecule has 0 amide bonds. The average Bonchev–Trinajstić information content (AvgIpc) is 3.21. The lowest BCUT2D eigenvalue weighted by Gasteiger charge is -2.12. The molecule has 154 valence electrons. The van der Waals surface area contributed by atoms with Gasteiger partial charge in [-0.3, -0.25) is 0 Å². The van der Waals surface area contributed by atoms with Crippen molar-refractivity contribution in [2.24, 2.45) is 0 Å². The van der Waals surface area contributed by atoms with Gasteiger partial charge in [0.2, 0.25) is 5.95 Å². The first kappa shape index (κ1) is 19.5. The van der Waals surface area contributed by atoms with Gasteiger partial charge in [0.25, 0.3) is 0 Å². The number of hydrogen-bond donors (Lipinski definition) is 3. The van der Waals surface area contributed by atoms with Crippen LogP contribution >= 0.6 is 0 Å².